The largest absolute Gasteiger partial charge is 0.418 e. The van der Waals surface area contributed by atoms with Crippen molar-refractivity contribution in [3.63, 3.8) is 0 Å². The maximum atomic E-state index is 13.5. The van der Waals surface area contributed by atoms with Crippen LogP contribution in [0.1, 0.15) is 12.0 Å². The quantitative estimate of drug-likeness (QED) is 0.571. The van der Waals surface area contributed by atoms with Crippen molar-refractivity contribution in [2.75, 3.05) is 31.7 Å². The molecule has 160 valence electrons. The highest BCUT2D eigenvalue weighted by Crippen LogP contribution is 2.37. The number of nitrogens with one attached hydrogen (secondary N) is 1. The summed E-state index contributed by atoms with van der Waals surface area (Å²) in [5.74, 6) is 0.548. The van der Waals surface area contributed by atoms with Crippen LogP contribution < -0.4 is 10.5 Å². The lowest BCUT2D eigenvalue weighted by molar-refractivity contribution is -0.137. The lowest BCUT2D eigenvalue weighted by atomic mass is 10.1. The van der Waals surface area contributed by atoms with Crippen molar-refractivity contribution < 1.29 is 21.6 Å². The van der Waals surface area contributed by atoms with E-state index in [0.29, 0.717) is 24.8 Å². The summed E-state index contributed by atoms with van der Waals surface area (Å²) in [6.07, 6.45) is -4.11. The molecule has 10 heteroatoms. The first-order chi connectivity index (χ1) is 13.5. The Morgan fingerprint density at radius 1 is 1.14 bits per heavy atom. The monoisotopic (exact) mass is 447 g/mol. The zero-order valence-electron chi connectivity index (χ0n) is 16.1. The summed E-state index contributed by atoms with van der Waals surface area (Å²) >= 11 is 1.54. The minimum atomic E-state index is -4.72. The normalized spacial score (nSPS) is 13.5. The maximum absolute atomic E-state index is 13.5. The number of hydrogen-bond acceptors (Lipinski definition) is 5. The Morgan fingerprint density at radius 2 is 1.79 bits per heavy atom. The molecule has 5 nitrogen and oxygen atoms in total. The summed E-state index contributed by atoms with van der Waals surface area (Å²) in [6, 6.07) is 12.1. The number of nitrogens with zero attached hydrogens (tertiary/aromatic N) is 1. The van der Waals surface area contributed by atoms with E-state index in [4.69, 9.17) is 5.14 Å². The zero-order chi connectivity index (χ0) is 21.7. The van der Waals surface area contributed by atoms with Crippen LogP contribution in [0.4, 0.5) is 18.9 Å². The fraction of sp³-hybridized carbons (Fsp3) is 0.368. The van der Waals surface area contributed by atoms with Crippen LogP contribution in [-0.4, -0.2) is 45.8 Å². The first kappa shape index (κ1) is 23.5. The fourth-order valence-electron chi connectivity index (χ4n) is 2.61. The van der Waals surface area contributed by atoms with Gasteiger partial charge in [0.15, 0.2) is 0 Å². The molecule has 2 aromatic carbocycles. The van der Waals surface area contributed by atoms with Crippen LogP contribution in [0.25, 0.3) is 0 Å². The van der Waals surface area contributed by atoms with E-state index < -0.39 is 26.7 Å². The lowest BCUT2D eigenvalue weighted by Gasteiger charge is -2.24. The summed E-state index contributed by atoms with van der Waals surface area (Å²) in [6.45, 7) is 0.684. The molecule has 0 bridgehead atoms. The second kappa shape index (κ2) is 9.84. The van der Waals surface area contributed by atoms with Gasteiger partial charge in [-0.1, -0.05) is 18.2 Å². The summed E-state index contributed by atoms with van der Waals surface area (Å²) in [7, 11) is -0.452. The van der Waals surface area contributed by atoms with Gasteiger partial charge < -0.3 is 10.2 Å². The van der Waals surface area contributed by atoms with Gasteiger partial charge in [0.1, 0.15) is 0 Å². The predicted octanol–water partition coefficient (Wildman–Crippen LogP) is 3.88. The third-order valence-electron chi connectivity index (χ3n) is 4.10. The third-order valence-corrected chi connectivity index (χ3v) is 6.19. The SMILES string of the molecule is CN(C)CCC(CSc1ccccc1)Nc1ccc(S(N)(=O)=O)cc1C(F)(F)F. The zero-order valence-corrected chi connectivity index (χ0v) is 17.7. The molecular formula is C19H24F3N3O2S2. The van der Waals surface area contributed by atoms with Gasteiger partial charge >= 0.3 is 6.18 Å². The van der Waals surface area contributed by atoms with E-state index in [1.807, 2.05) is 49.3 Å². The lowest BCUT2D eigenvalue weighted by Crippen LogP contribution is -2.29. The van der Waals surface area contributed by atoms with Gasteiger partial charge in [-0.3, -0.25) is 0 Å². The van der Waals surface area contributed by atoms with Crippen molar-refractivity contribution in [3.8, 4) is 0 Å². The van der Waals surface area contributed by atoms with Gasteiger partial charge in [-0.05, 0) is 57.4 Å². The topological polar surface area (TPSA) is 75.4 Å². The number of alkyl halides is 3. The molecule has 0 aliphatic rings. The molecule has 0 aromatic heterocycles. The molecule has 0 radical (unpaired) electrons. The summed E-state index contributed by atoms with van der Waals surface area (Å²) in [5, 5.41) is 7.94. The highest BCUT2D eigenvalue weighted by atomic mass is 32.2. The van der Waals surface area contributed by atoms with Crippen molar-refractivity contribution in [2.45, 2.75) is 28.4 Å². The maximum Gasteiger partial charge on any atom is 0.418 e. The van der Waals surface area contributed by atoms with Gasteiger partial charge in [0, 0.05) is 22.4 Å². The van der Waals surface area contributed by atoms with Crippen molar-refractivity contribution >= 4 is 27.5 Å². The molecule has 0 aliphatic carbocycles. The van der Waals surface area contributed by atoms with Gasteiger partial charge in [-0.15, -0.1) is 11.8 Å². The van der Waals surface area contributed by atoms with Gasteiger partial charge in [-0.2, -0.15) is 13.2 Å². The molecule has 29 heavy (non-hydrogen) atoms. The van der Waals surface area contributed by atoms with Crippen molar-refractivity contribution in [1.29, 1.82) is 0 Å². The summed E-state index contributed by atoms with van der Waals surface area (Å²) in [5.41, 5.74) is -1.22. The van der Waals surface area contributed by atoms with E-state index in [1.165, 1.54) is 0 Å². The van der Waals surface area contributed by atoms with Gasteiger partial charge in [0.05, 0.1) is 10.5 Å². The Hall–Kier alpha value is -1.75. The first-order valence-corrected chi connectivity index (χ1v) is 11.3. The van der Waals surface area contributed by atoms with E-state index in [1.54, 1.807) is 11.8 Å². The standard InChI is InChI=1S/C19H24F3N3O2S2/c1-25(2)11-10-14(13-28-15-6-4-3-5-7-15)24-18-9-8-16(29(23,26)27)12-17(18)19(20,21)22/h3-9,12,14,24H,10-11,13H2,1-2H3,(H2,23,26,27). The van der Waals surface area contributed by atoms with Gasteiger partial charge in [-0.25, -0.2) is 13.6 Å². The average Bonchev–Trinajstić information content (AvgIpc) is 2.63. The fourth-order valence-corrected chi connectivity index (χ4v) is 4.14. The van der Waals surface area contributed by atoms with Crippen LogP contribution >= 0.6 is 11.8 Å². The molecule has 0 saturated carbocycles. The third kappa shape index (κ3) is 7.54. The Kier molecular flexibility index (Phi) is 7.98. The van der Waals surface area contributed by atoms with E-state index in [9.17, 15) is 21.6 Å². The van der Waals surface area contributed by atoms with Crippen molar-refractivity contribution in [1.82, 2.24) is 4.90 Å². The second-order valence-electron chi connectivity index (χ2n) is 6.81. The number of primary sulfonamides is 1. The Labute approximate surface area is 173 Å². The van der Waals surface area contributed by atoms with Gasteiger partial charge in [0.25, 0.3) is 0 Å². The summed E-state index contributed by atoms with van der Waals surface area (Å²) < 4.78 is 63.6. The van der Waals surface area contributed by atoms with Crippen LogP contribution in [0.2, 0.25) is 0 Å². The van der Waals surface area contributed by atoms with E-state index in [2.05, 4.69) is 5.32 Å². The Bertz CT molecular complexity index is 905. The number of halogens is 3. The van der Waals surface area contributed by atoms with E-state index in [0.717, 1.165) is 17.0 Å². The smallest absolute Gasteiger partial charge is 0.381 e. The van der Waals surface area contributed by atoms with Gasteiger partial charge in [0.2, 0.25) is 10.0 Å². The van der Waals surface area contributed by atoms with E-state index in [-0.39, 0.29) is 11.7 Å². The molecular weight excluding hydrogens is 423 g/mol. The number of nitrogens with two attached hydrogens (primary N) is 1. The predicted molar refractivity (Wildman–Crippen MR) is 111 cm³/mol. The minimum Gasteiger partial charge on any atom is -0.381 e. The highest BCUT2D eigenvalue weighted by Gasteiger charge is 2.35. The number of sulfonamides is 1. The number of benzene rings is 2. The molecule has 2 rings (SSSR count). The molecule has 3 N–H and O–H groups in total. The van der Waals surface area contributed by atoms with Crippen LogP contribution in [0.3, 0.4) is 0 Å². The molecule has 1 atom stereocenters. The second-order valence-corrected chi connectivity index (χ2v) is 9.46. The molecule has 0 heterocycles. The summed E-state index contributed by atoms with van der Waals surface area (Å²) in [4.78, 5) is 2.40. The van der Waals surface area contributed by atoms with Crippen molar-refractivity contribution in [3.05, 3.63) is 54.1 Å². The van der Waals surface area contributed by atoms with Crippen LogP contribution in [0.15, 0.2) is 58.3 Å². The molecule has 0 amide bonds. The first-order valence-electron chi connectivity index (χ1n) is 8.80. The number of hydrogen-bond donors (Lipinski definition) is 2. The van der Waals surface area contributed by atoms with Crippen LogP contribution in [0, 0.1) is 0 Å². The minimum absolute atomic E-state index is 0.165. The average molecular weight is 448 g/mol. The highest BCUT2D eigenvalue weighted by molar-refractivity contribution is 7.99. The molecule has 0 fully saturated rings. The molecule has 0 saturated heterocycles. The molecule has 0 spiro atoms. The van der Waals surface area contributed by atoms with Crippen LogP contribution in [0.5, 0.6) is 0 Å². The number of anilines is 1. The molecule has 1 unspecified atom stereocenters. The Morgan fingerprint density at radius 3 is 2.34 bits per heavy atom. The Balaban J connectivity index is 2.28. The number of thioether (sulfide) groups is 1. The van der Waals surface area contributed by atoms with Crippen LogP contribution in [-0.2, 0) is 16.2 Å². The molecule has 0 aliphatic heterocycles. The van der Waals surface area contributed by atoms with Crippen molar-refractivity contribution in [2.24, 2.45) is 5.14 Å². The van der Waals surface area contributed by atoms with E-state index >= 15 is 0 Å². The molecule has 2 aromatic rings. The number of rotatable bonds is 9.